The molecule has 29 heavy (non-hydrogen) atoms. The van der Waals surface area contributed by atoms with E-state index in [1.165, 1.54) is 18.9 Å². The molecule has 2 aromatic carbocycles. The maximum absolute atomic E-state index is 12.4. The molecule has 0 radical (unpaired) electrons. The molecule has 1 aliphatic heterocycles. The van der Waals surface area contributed by atoms with Crippen LogP contribution in [-0.4, -0.2) is 24.8 Å². The zero-order valence-corrected chi connectivity index (χ0v) is 19.4. The lowest BCUT2D eigenvalue weighted by Gasteiger charge is -2.11. The van der Waals surface area contributed by atoms with Gasteiger partial charge in [0, 0.05) is 4.47 Å². The Balaban J connectivity index is 1.87. The number of nitriles is 1. The Kier molecular flexibility index (Phi) is 7.00. The van der Waals surface area contributed by atoms with Crippen LogP contribution >= 0.6 is 43.6 Å². The van der Waals surface area contributed by atoms with E-state index in [-0.39, 0.29) is 12.5 Å². The Morgan fingerprint density at radius 1 is 1.31 bits per heavy atom. The van der Waals surface area contributed by atoms with Gasteiger partial charge >= 0.3 is 0 Å². The van der Waals surface area contributed by atoms with E-state index in [0.29, 0.717) is 26.0 Å². The summed E-state index contributed by atoms with van der Waals surface area (Å²) in [6.07, 6.45) is 1.75. The number of aryl methyl sites for hydroxylation is 1. The molecule has 3 rings (SSSR count). The number of aliphatic imine (C=N–C) groups is 1. The Hall–Kier alpha value is -2.28. The zero-order valence-electron chi connectivity index (χ0n) is 15.5. The predicted molar refractivity (Wildman–Crippen MR) is 121 cm³/mol. The molecule has 0 aromatic heterocycles. The summed E-state index contributed by atoms with van der Waals surface area (Å²) in [6, 6.07) is 11.2. The SMILES string of the molecule is COc1cc(/C=C2\SC(=Nc3ccc(Br)cc3C)NC2=O)cc(Br)c1OCC#N. The van der Waals surface area contributed by atoms with Crippen molar-refractivity contribution < 1.29 is 14.3 Å². The topological polar surface area (TPSA) is 83.7 Å². The number of thioether (sulfide) groups is 1. The summed E-state index contributed by atoms with van der Waals surface area (Å²) in [5, 5.41) is 12.0. The second-order valence-corrected chi connectivity index (χ2v) is 8.69. The van der Waals surface area contributed by atoms with Gasteiger partial charge in [-0.3, -0.25) is 4.79 Å². The molecule has 0 spiro atoms. The molecule has 1 amide bonds. The minimum Gasteiger partial charge on any atom is -0.493 e. The Morgan fingerprint density at radius 2 is 2.10 bits per heavy atom. The molecule has 1 heterocycles. The van der Waals surface area contributed by atoms with Gasteiger partial charge in [0.1, 0.15) is 6.07 Å². The fourth-order valence-corrected chi connectivity index (χ4v) is 4.44. The largest absolute Gasteiger partial charge is 0.493 e. The molecule has 0 aliphatic carbocycles. The third-order valence-corrected chi connectivity index (χ3v) is 5.85. The number of carbonyl (C=O) groups is 1. The first-order valence-electron chi connectivity index (χ1n) is 8.34. The quantitative estimate of drug-likeness (QED) is 0.522. The standard InChI is InChI=1S/C20H15Br2N3O3S/c1-11-7-13(21)3-4-15(11)24-20-25-19(26)17(29-20)10-12-8-14(22)18(28-6-5-23)16(9-12)27-2/h3-4,7-10H,6H2,1-2H3,(H,24,25,26)/b17-10-. The third-order valence-electron chi connectivity index (χ3n) is 3.86. The minimum atomic E-state index is -0.219. The lowest BCUT2D eigenvalue weighted by atomic mass is 10.2. The average molecular weight is 537 g/mol. The number of nitrogens with zero attached hydrogens (tertiary/aromatic N) is 2. The van der Waals surface area contributed by atoms with Crippen LogP contribution in [0.4, 0.5) is 5.69 Å². The molecule has 0 unspecified atom stereocenters. The van der Waals surface area contributed by atoms with Crippen LogP contribution in [0.5, 0.6) is 11.5 Å². The molecule has 1 saturated heterocycles. The van der Waals surface area contributed by atoms with Gasteiger partial charge in [0.2, 0.25) is 0 Å². The Bertz CT molecular complexity index is 1080. The van der Waals surface area contributed by atoms with Gasteiger partial charge in [-0.15, -0.1) is 0 Å². The number of hydrogen-bond donors (Lipinski definition) is 1. The lowest BCUT2D eigenvalue weighted by Crippen LogP contribution is -2.19. The highest BCUT2D eigenvalue weighted by Crippen LogP contribution is 2.38. The van der Waals surface area contributed by atoms with Crippen LogP contribution in [-0.2, 0) is 4.79 Å². The van der Waals surface area contributed by atoms with Crippen molar-refractivity contribution >= 4 is 66.5 Å². The van der Waals surface area contributed by atoms with Gasteiger partial charge in [-0.05, 0) is 82.2 Å². The van der Waals surface area contributed by atoms with Crippen molar-refractivity contribution in [3.8, 4) is 17.6 Å². The second-order valence-electron chi connectivity index (χ2n) is 5.89. The highest BCUT2D eigenvalue weighted by molar-refractivity contribution is 9.10. The summed E-state index contributed by atoms with van der Waals surface area (Å²) in [5.41, 5.74) is 2.54. The average Bonchev–Trinajstić information content (AvgIpc) is 3.01. The number of ether oxygens (including phenoxy) is 2. The van der Waals surface area contributed by atoms with Crippen molar-refractivity contribution in [1.29, 1.82) is 5.26 Å². The monoisotopic (exact) mass is 535 g/mol. The van der Waals surface area contributed by atoms with Crippen LogP contribution in [0.3, 0.4) is 0 Å². The number of amides is 1. The van der Waals surface area contributed by atoms with Gasteiger partial charge in [0.25, 0.3) is 5.91 Å². The molecule has 1 N–H and O–H groups in total. The highest BCUT2D eigenvalue weighted by atomic mass is 79.9. The van der Waals surface area contributed by atoms with E-state index < -0.39 is 0 Å². The van der Waals surface area contributed by atoms with Gasteiger partial charge in [0.15, 0.2) is 23.3 Å². The maximum Gasteiger partial charge on any atom is 0.264 e. The molecule has 1 fully saturated rings. The maximum atomic E-state index is 12.4. The van der Waals surface area contributed by atoms with Crippen LogP contribution in [0.15, 0.2) is 49.2 Å². The smallest absolute Gasteiger partial charge is 0.264 e. The van der Waals surface area contributed by atoms with E-state index in [1.54, 1.807) is 18.2 Å². The summed E-state index contributed by atoms with van der Waals surface area (Å²) in [5.74, 6) is 0.681. The number of benzene rings is 2. The molecule has 2 aromatic rings. The molecule has 0 saturated carbocycles. The lowest BCUT2D eigenvalue weighted by molar-refractivity contribution is -0.115. The van der Waals surface area contributed by atoms with Crippen molar-refractivity contribution in [2.24, 2.45) is 4.99 Å². The van der Waals surface area contributed by atoms with E-state index in [2.05, 4.69) is 42.2 Å². The molecule has 9 heteroatoms. The third kappa shape index (κ3) is 5.21. The molecular formula is C20H15Br2N3O3S. The number of rotatable bonds is 5. The molecule has 1 aliphatic rings. The van der Waals surface area contributed by atoms with Crippen molar-refractivity contribution in [3.63, 3.8) is 0 Å². The van der Waals surface area contributed by atoms with E-state index in [9.17, 15) is 4.79 Å². The van der Waals surface area contributed by atoms with Crippen molar-refractivity contribution in [3.05, 3.63) is 55.3 Å². The van der Waals surface area contributed by atoms with E-state index in [1.807, 2.05) is 31.2 Å². The van der Waals surface area contributed by atoms with Crippen molar-refractivity contribution in [1.82, 2.24) is 5.32 Å². The number of carbonyl (C=O) groups excluding carboxylic acids is 1. The van der Waals surface area contributed by atoms with Crippen LogP contribution < -0.4 is 14.8 Å². The van der Waals surface area contributed by atoms with E-state index in [4.69, 9.17) is 14.7 Å². The highest BCUT2D eigenvalue weighted by Gasteiger charge is 2.24. The number of amidine groups is 1. The Labute approximate surface area is 189 Å². The number of nitrogens with one attached hydrogen (secondary N) is 1. The number of hydrogen-bond acceptors (Lipinski definition) is 6. The predicted octanol–water partition coefficient (Wildman–Crippen LogP) is 5.32. The molecular weight excluding hydrogens is 522 g/mol. The van der Waals surface area contributed by atoms with Crippen molar-refractivity contribution in [2.75, 3.05) is 13.7 Å². The van der Waals surface area contributed by atoms with Gasteiger partial charge in [-0.2, -0.15) is 5.26 Å². The van der Waals surface area contributed by atoms with Gasteiger partial charge in [-0.1, -0.05) is 15.9 Å². The number of halogens is 2. The summed E-state index contributed by atoms with van der Waals surface area (Å²) >= 11 is 8.12. The zero-order chi connectivity index (χ0) is 21.0. The fourth-order valence-electron chi connectivity index (χ4n) is 2.55. The molecule has 6 nitrogen and oxygen atoms in total. The van der Waals surface area contributed by atoms with Crippen LogP contribution in [0.1, 0.15) is 11.1 Å². The molecule has 0 atom stereocenters. The first kappa shape index (κ1) is 21.4. The van der Waals surface area contributed by atoms with Gasteiger partial charge in [0.05, 0.1) is 22.2 Å². The van der Waals surface area contributed by atoms with Crippen LogP contribution in [0.25, 0.3) is 6.08 Å². The summed E-state index contributed by atoms with van der Waals surface area (Å²) in [4.78, 5) is 17.4. The van der Waals surface area contributed by atoms with Crippen molar-refractivity contribution in [2.45, 2.75) is 6.92 Å². The molecule has 0 bridgehead atoms. The normalized spacial score (nSPS) is 16.0. The van der Waals surface area contributed by atoms with E-state index >= 15 is 0 Å². The summed E-state index contributed by atoms with van der Waals surface area (Å²) in [6.45, 7) is 1.87. The van der Waals surface area contributed by atoms with Gasteiger partial charge < -0.3 is 14.8 Å². The van der Waals surface area contributed by atoms with Gasteiger partial charge in [-0.25, -0.2) is 4.99 Å². The van der Waals surface area contributed by atoms with Crippen LogP contribution in [0.2, 0.25) is 0 Å². The second kappa shape index (κ2) is 9.48. The van der Waals surface area contributed by atoms with E-state index in [0.717, 1.165) is 21.3 Å². The first-order valence-corrected chi connectivity index (χ1v) is 10.7. The Morgan fingerprint density at radius 3 is 2.79 bits per heavy atom. The molecule has 148 valence electrons. The fraction of sp³-hybridized carbons (Fsp3) is 0.150. The number of methoxy groups -OCH3 is 1. The van der Waals surface area contributed by atoms with Crippen LogP contribution in [0, 0.1) is 18.3 Å². The summed E-state index contributed by atoms with van der Waals surface area (Å²) < 4.78 is 12.3. The minimum absolute atomic E-state index is 0.0943. The summed E-state index contributed by atoms with van der Waals surface area (Å²) in [7, 11) is 1.51. The first-order chi connectivity index (χ1) is 13.9.